The van der Waals surface area contributed by atoms with Crippen molar-refractivity contribution in [2.24, 2.45) is 0 Å². The van der Waals surface area contributed by atoms with Crippen molar-refractivity contribution in [2.75, 3.05) is 0 Å². The van der Waals surface area contributed by atoms with E-state index >= 15 is 0 Å². The molecular weight excluding hydrogens is 448 g/mol. The molecule has 0 aliphatic heterocycles. The van der Waals surface area contributed by atoms with Gasteiger partial charge in [0.05, 0.1) is 0 Å². The molecule has 0 saturated heterocycles. The summed E-state index contributed by atoms with van der Waals surface area (Å²) in [6, 6.07) is 0. The molecule has 0 aromatic rings. The second-order valence-corrected chi connectivity index (χ2v) is 9.85. The Balaban J connectivity index is 4.33. The van der Waals surface area contributed by atoms with E-state index in [4.69, 9.17) is 9.47 Å². The van der Waals surface area contributed by atoms with Crippen molar-refractivity contribution in [1.82, 2.24) is 0 Å². The van der Waals surface area contributed by atoms with Crippen LogP contribution in [-0.2, 0) is 19.1 Å². The van der Waals surface area contributed by atoms with Crippen LogP contribution in [0.25, 0.3) is 0 Å². The third kappa shape index (κ3) is 17.0. The zero-order valence-corrected chi connectivity index (χ0v) is 22.8. The minimum Gasteiger partial charge on any atom is -0.414 e. The molecule has 0 saturated carbocycles. The Kier molecular flexibility index (Phi) is 20.3. The van der Waals surface area contributed by atoms with E-state index in [1.807, 2.05) is 0 Å². The van der Waals surface area contributed by atoms with Gasteiger partial charge < -0.3 is 24.8 Å². The van der Waals surface area contributed by atoms with E-state index in [-0.39, 0.29) is 19.3 Å². The van der Waals surface area contributed by atoms with Crippen LogP contribution in [-0.4, -0.2) is 39.0 Å². The van der Waals surface area contributed by atoms with Gasteiger partial charge in [0.1, 0.15) is 0 Å². The van der Waals surface area contributed by atoms with Crippen molar-refractivity contribution in [1.29, 1.82) is 0 Å². The summed E-state index contributed by atoms with van der Waals surface area (Å²) in [4.78, 5) is 24.7. The van der Waals surface area contributed by atoms with E-state index in [2.05, 4.69) is 13.8 Å². The summed E-state index contributed by atoms with van der Waals surface area (Å²) in [5, 5.41) is 29.5. The van der Waals surface area contributed by atoms with Gasteiger partial charge in [-0.3, -0.25) is 9.59 Å². The number of hydrogen-bond acceptors (Lipinski definition) is 7. The molecule has 0 rings (SSSR count). The van der Waals surface area contributed by atoms with Crippen LogP contribution in [0.15, 0.2) is 0 Å². The van der Waals surface area contributed by atoms with Gasteiger partial charge in [-0.25, -0.2) is 0 Å². The highest BCUT2D eigenvalue weighted by Gasteiger charge is 2.55. The van der Waals surface area contributed by atoms with Crippen molar-refractivity contribution in [2.45, 2.75) is 167 Å². The third-order valence-electron chi connectivity index (χ3n) is 6.50. The molecule has 0 aliphatic carbocycles. The highest BCUT2D eigenvalue weighted by molar-refractivity contribution is 5.72. The molecular formula is C28H54O7. The van der Waals surface area contributed by atoms with Crippen LogP contribution < -0.4 is 0 Å². The van der Waals surface area contributed by atoms with Gasteiger partial charge in [0.15, 0.2) is 0 Å². The molecule has 0 atom stereocenters. The molecule has 0 bridgehead atoms. The molecule has 3 N–H and O–H groups in total. The molecule has 35 heavy (non-hydrogen) atoms. The van der Waals surface area contributed by atoms with Gasteiger partial charge in [0, 0.05) is 19.3 Å². The molecule has 7 nitrogen and oxygen atoms in total. The Hall–Kier alpha value is -1.18. The normalized spacial score (nSPS) is 12.1. The first-order valence-corrected chi connectivity index (χ1v) is 14.3. The third-order valence-corrected chi connectivity index (χ3v) is 6.50. The van der Waals surface area contributed by atoms with Crippen molar-refractivity contribution >= 4 is 11.9 Å². The van der Waals surface area contributed by atoms with E-state index in [0.29, 0.717) is 12.8 Å². The number of hydrogen-bond donors (Lipinski definition) is 3. The number of rotatable bonds is 24. The summed E-state index contributed by atoms with van der Waals surface area (Å²) >= 11 is 0. The standard InChI is InChI=1S/C28H54O7/c1-4-7-9-11-13-15-17-19-21-23-25(29)34-27(6-3,28(31,32)33)35-26(30)24-22-20-18-16-14-12-10-8-5-2/h31-33H,4-24H2,1-3H3. The van der Waals surface area contributed by atoms with Crippen LogP contribution in [0, 0.1) is 0 Å². The van der Waals surface area contributed by atoms with Gasteiger partial charge in [-0.15, -0.1) is 0 Å². The van der Waals surface area contributed by atoms with Crippen LogP contribution in [0.5, 0.6) is 0 Å². The molecule has 0 aromatic heterocycles. The Morgan fingerprint density at radius 3 is 1.06 bits per heavy atom. The van der Waals surface area contributed by atoms with Crippen LogP contribution in [0.3, 0.4) is 0 Å². The monoisotopic (exact) mass is 502 g/mol. The zero-order chi connectivity index (χ0) is 26.4. The number of unbranched alkanes of at least 4 members (excludes halogenated alkanes) is 16. The van der Waals surface area contributed by atoms with Crippen molar-refractivity contribution in [3.8, 4) is 0 Å². The van der Waals surface area contributed by atoms with Crippen molar-refractivity contribution in [3.05, 3.63) is 0 Å². The van der Waals surface area contributed by atoms with Gasteiger partial charge in [0.2, 0.25) is 0 Å². The molecule has 0 spiro atoms. The van der Waals surface area contributed by atoms with Gasteiger partial charge in [-0.2, -0.15) is 0 Å². The van der Waals surface area contributed by atoms with Crippen LogP contribution in [0.4, 0.5) is 0 Å². The predicted octanol–water partition coefficient (Wildman–Crippen LogP) is 6.65. The number of aliphatic hydroxyl groups is 3. The van der Waals surface area contributed by atoms with E-state index in [1.165, 1.54) is 71.1 Å². The van der Waals surface area contributed by atoms with Gasteiger partial charge in [-0.1, -0.05) is 124 Å². The zero-order valence-electron chi connectivity index (χ0n) is 22.8. The highest BCUT2D eigenvalue weighted by atomic mass is 16.8. The summed E-state index contributed by atoms with van der Waals surface area (Å²) in [5.74, 6) is -7.47. The molecule has 208 valence electrons. The largest absolute Gasteiger partial charge is 0.414 e. The van der Waals surface area contributed by atoms with Crippen molar-refractivity contribution < 1.29 is 34.4 Å². The number of esters is 2. The topological polar surface area (TPSA) is 113 Å². The fourth-order valence-electron chi connectivity index (χ4n) is 4.17. The van der Waals surface area contributed by atoms with Gasteiger partial charge in [-0.05, 0) is 12.8 Å². The number of ether oxygens (including phenoxy) is 2. The predicted molar refractivity (Wildman–Crippen MR) is 138 cm³/mol. The average molecular weight is 503 g/mol. The van der Waals surface area contributed by atoms with E-state index in [0.717, 1.165) is 38.5 Å². The van der Waals surface area contributed by atoms with Gasteiger partial charge in [0.25, 0.3) is 0 Å². The van der Waals surface area contributed by atoms with Crippen molar-refractivity contribution in [3.63, 3.8) is 0 Å². The van der Waals surface area contributed by atoms with Crippen LogP contribution >= 0.6 is 0 Å². The summed E-state index contributed by atoms with van der Waals surface area (Å²) in [7, 11) is 0. The van der Waals surface area contributed by atoms with E-state index < -0.39 is 23.7 Å². The van der Waals surface area contributed by atoms with Crippen LogP contribution in [0.1, 0.15) is 156 Å². The molecule has 0 radical (unpaired) electrons. The molecule has 0 amide bonds. The maximum Gasteiger partial charge on any atom is 0.357 e. The number of carbonyl (C=O) groups excluding carboxylic acids is 2. The molecule has 7 heteroatoms. The first-order chi connectivity index (χ1) is 16.7. The Morgan fingerprint density at radius 2 is 0.800 bits per heavy atom. The lowest BCUT2D eigenvalue weighted by Gasteiger charge is -2.37. The lowest BCUT2D eigenvalue weighted by molar-refractivity contribution is -0.445. The Labute approximate surface area is 214 Å². The summed E-state index contributed by atoms with van der Waals surface area (Å²) in [5.41, 5.74) is 0. The lowest BCUT2D eigenvalue weighted by Crippen LogP contribution is -2.59. The molecule has 0 aliphatic rings. The molecule has 0 heterocycles. The first kappa shape index (κ1) is 33.8. The minimum absolute atomic E-state index is 0.0590. The molecule has 0 aromatic carbocycles. The van der Waals surface area contributed by atoms with Gasteiger partial charge >= 0.3 is 23.7 Å². The van der Waals surface area contributed by atoms with Crippen LogP contribution in [0.2, 0.25) is 0 Å². The fourth-order valence-corrected chi connectivity index (χ4v) is 4.17. The maximum absolute atomic E-state index is 12.3. The summed E-state index contributed by atoms with van der Waals surface area (Å²) in [6.45, 7) is 5.84. The lowest BCUT2D eigenvalue weighted by atomic mass is 10.1. The second-order valence-electron chi connectivity index (χ2n) is 9.85. The first-order valence-electron chi connectivity index (χ1n) is 14.3. The SMILES string of the molecule is CCCCCCCCCCCC(=O)OC(CC)(OC(=O)CCCCCCCCCCC)C(O)(O)O. The number of carbonyl (C=O) groups is 2. The highest BCUT2D eigenvalue weighted by Crippen LogP contribution is 2.30. The van der Waals surface area contributed by atoms with E-state index in [9.17, 15) is 24.9 Å². The summed E-state index contributed by atoms with van der Waals surface area (Å²) < 4.78 is 10.3. The quantitative estimate of drug-likeness (QED) is 0.0769. The maximum atomic E-state index is 12.3. The molecule has 0 fully saturated rings. The minimum atomic E-state index is -3.48. The second kappa shape index (κ2) is 21.0. The smallest absolute Gasteiger partial charge is 0.357 e. The average Bonchev–Trinajstić information content (AvgIpc) is 2.80. The Bertz CT molecular complexity index is 492. The summed E-state index contributed by atoms with van der Waals surface area (Å²) in [6.07, 6.45) is 19.5. The fraction of sp³-hybridized carbons (Fsp3) is 0.929. The Morgan fingerprint density at radius 1 is 0.514 bits per heavy atom. The molecule has 0 unspecified atom stereocenters. The van der Waals surface area contributed by atoms with E-state index in [1.54, 1.807) is 0 Å².